The van der Waals surface area contributed by atoms with Gasteiger partial charge in [0.2, 0.25) is 0 Å². The van der Waals surface area contributed by atoms with Crippen LogP contribution in [-0.4, -0.2) is 13.1 Å². The van der Waals surface area contributed by atoms with E-state index in [1.165, 1.54) is 7.11 Å². The summed E-state index contributed by atoms with van der Waals surface area (Å²) in [6, 6.07) is 5.63. The molecule has 0 spiro atoms. The largest absolute Gasteiger partial charge is 0.468 e. The van der Waals surface area contributed by atoms with Crippen LogP contribution in [0.1, 0.15) is 24.0 Å². The van der Waals surface area contributed by atoms with E-state index in [1.807, 2.05) is 18.2 Å². The van der Waals surface area contributed by atoms with Crippen LogP contribution in [-0.2, 0) is 14.9 Å². The van der Waals surface area contributed by atoms with Crippen LogP contribution in [0.4, 0.5) is 5.69 Å². The molecule has 84 valence electrons. The molecule has 2 N–H and O–H groups in total. The highest BCUT2D eigenvalue weighted by Crippen LogP contribution is 2.49. The predicted molar refractivity (Wildman–Crippen MR) is 63.9 cm³/mol. The van der Waals surface area contributed by atoms with Gasteiger partial charge >= 0.3 is 5.97 Å². The molecule has 0 aromatic heterocycles. The van der Waals surface area contributed by atoms with E-state index in [9.17, 15) is 4.79 Å². The summed E-state index contributed by atoms with van der Waals surface area (Å²) in [7, 11) is 1.42. The number of nitrogens with two attached hydrogens (primary N) is 1. The molecular formula is C13H15NO2. The average molecular weight is 217 g/mol. The number of benzene rings is 1. The molecule has 2 rings (SSSR count). The van der Waals surface area contributed by atoms with E-state index in [4.69, 9.17) is 10.5 Å². The van der Waals surface area contributed by atoms with Crippen LogP contribution in [0.25, 0.3) is 6.08 Å². The summed E-state index contributed by atoms with van der Waals surface area (Å²) in [5.74, 6) is -0.160. The van der Waals surface area contributed by atoms with Gasteiger partial charge < -0.3 is 10.5 Å². The molecule has 3 heteroatoms. The number of carbonyl (C=O) groups excluding carboxylic acids is 1. The van der Waals surface area contributed by atoms with Gasteiger partial charge in [0.1, 0.15) is 0 Å². The first-order valence-electron chi connectivity index (χ1n) is 5.25. The Morgan fingerprint density at radius 1 is 1.56 bits per heavy atom. The molecule has 0 aliphatic heterocycles. The van der Waals surface area contributed by atoms with Crippen molar-refractivity contribution in [3.8, 4) is 0 Å². The Morgan fingerprint density at radius 2 is 2.25 bits per heavy atom. The van der Waals surface area contributed by atoms with Gasteiger partial charge in [0.05, 0.1) is 12.5 Å². The molecule has 1 saturated carbocycles. The van der Waals surface area contributed by atoms with E-state index >= 15 is 0 Å². The number of hydrogen-bond acceptors (Lipinski definition) is 3. The summed E-state index contributed by atoms with van der Waals surface area (Å²) in [4.78, 5) is 11.7. The number of nitrogen functional groups attached to an aromatic ring is 1. The molecule has 1 fully saturated rings. The highest BCUT2D eigenvalue weighted by Gasteiger charge is 2.52. The zero-order chi connectivity index (χ0) is 11.8. The van der Waals surface area contributed by atoms with Crippen molar-refractivity contribution in [2.24, 2.45) is 0 Å². The first-order valence-corrected chi connectivity index (χ1v) is 5.25. The van der Waals surface area contributed by atoms with Gasteiger partial charge in [-0.1, -0.05) is 18.7 Å². The number of hydrogen-bond donors (Lipinski definition) is 1. The number of esters is 1. The second-order valence-electron chi connectivity index (χ2n) is 4.12. The summed E-state index contributed by atoms with van der Waals surface area (Å²) in [5.41, 5.74) is 7.88. The molecule has 1 aromatic carbocycles. The van der Waals surface area contributed by atoms with Crippen LogP contribution in [0, 0.1) is 0 Å². The number of ether oxygens (including phenoxy) is 1. The number of methoxy groups -OCH3 is 1. The fraction of sp³-hybridized carbons (Fsp3) is 0.308. The zero-order valence-corrected chi connectivity index (χ0v) is 9.32. The van der Waals surface area contributed by atoms with E-state index in [0.29, 0.717) is 5.69 Å². The average Bonchev–Trinajstić information content (AvgIpc) is 3.10. The third kappa shape index (κ3) is 1.48. The van der Waals surface area contributed by atoms with Gasteiger partial charge in [0, 0.05) is 5.69 Å². The maximum absolute atomic E-state index is 11.7. The van der Waals surface area contributed by atoms with Crippen molar-refractivity contribution in [1.29, 1.82) is 0 Å². The molecule has 0 atom stereocenters. The van der Waals surface area contributed by atoms with Gasteiger partial charge in [-0.15, -0.1) is 0 Å². The standard InChI is InChI=1S/C13H15NO2/c1-3-9-8-10(4-5-11(9)14)13(6-7-13)12(15)16-2/h3-5,8H,1,6-7,14H2,2H3. The van der Waals surface area contributed by atoms with Gasteiger partial charge in [-0.3, -0.25) is 4.79 Å². The van der Waals surface area contributed by atoms with Gasteiger partial charge in [-0.25, -0.2) is 0 Å². The van der Waals surface area contributed by atoms with E-state index in [-0.39, 0.29) is 5.97 Å². The summed E-state index contributed by atoms with van der Waals surface area (Å²) >= 11 is 0. The van der Waals surface area contributed by atoms with Crippen LogP contribution in [0.2, 0.25) is 0 Å². The minimum absolute atomic E-state index is 0.160. The van der Waals surface area contributed by atoms with E-state index in [1.54, 1.807) is 6.08 Å². The molecular weight excluding hydrogens is 202 g/mol. The van der Waals surface area contributed by atoms with Gasteiger partial charge in [-0.2, -0.15) is 0 Å². The summed E-state index contributed by atoms with van der Waals surface area (Å²) in [6.45, 7) is 3.70. The topological polar surface area (TPSA) is 52.3 Å². The Labute approximate surface area is 94.9 Å². The third-order valence-electron chi connectivity index (χ3n) is 3.19. The minimum Gasteiger partial charge on any atom is -0.468 e. The Balaban J connectivity index is 2.42. The molecule has 3 nitrogen and oxygen atoms in total. The second kappa shape index (κ2) is 3.67. The lowest BCUT2D eigenvalue weighted by Crippen LogP contribution is -2.21. The summed E-state index contributed by atoms with van der Waals surface area (Å²) < 4.78 is 4.84. The Hall–Kier alpha value is -1.77. The van der Waals surface area contributed by atoms with Crippen molar-refractivity contribution in [2.75, 3.05) is 12.8 Å². The number of carbonyl (C=O) groups is 1. The molecule has 0 saturated heterocycles. The zero-order valence-electron chi connectivity index (χ0n) is 9.32. The van der Waals surface area contributed by atoms with Gasteiger partial charge in [0.15, 0.2) is 0 Å². The van der Waals surface area contributed by atoms with Gasteiger partial charge in [0.25, 0.3) is 0 Å². The third-order valence-corrected chi connectivity index (χ3v) is 3.19. The lowest BCUT2D eigenvalue weighted by atomic mass is 9.94. The SMILES string of the molecule is C=Cc1cc(C2(C(=O)OC)CC2)ccc1N. The molecule has 0 amide bonds. The van der Waals surface area contributed by atoms with Crippen LogP contribution in [0.5, 0.6) is 0 Å². The predicted octanol–water partition coefficient (Wildman–Crippen LogP) is 2.12. The fourth-order valence-electron chi connectivity index (χ4n) is 1.98. The molecule has 1 aliphatic rings. The normalized spacial score (nSPS) is 16.6. The first kappa shape index (κ1) is 10.7. The molecule has 0 bridgehead atoms. The van der Waals surface area contributed by atoms with Crippen LogP contribution in [0.3, 0.4) is 0 Å². The van der Waals surface area contributed by atoms with Crippen molar-refractivity contribution in [2.45, 2.75) is 18.3 Å². The highest BCUT2D eigenvalue weighted by molar-refractivity contribution is 5.87. The van der Waals surface area contributed by atoms with Crippen molar-refractivity contribution in [3.63, 3.8) is 0 Å². The van der Waals surface area contributed by atoms with Gasteiger partial charge in [-0.05, 0) is 36.1 Å². The van der Waals surface area contributed by atoms with Crippen molar-refractivity contribution < 1.29 is 9.53 Å². The number of rotatable bonds is 3. The Morgan fingerprint density at radius 3 is 2.75 bits per heavy atom. The number of anilines is 1. The Kier molecular flexibility index (Phi) is 2.46. The molecule has 0 radical (unpaired) electrons. The van der Waals surface area contributed by atoms with E-state index < -0.39 is 5.41 Å². The lowest BCUT2D eigenvalue weighted by Gasteiger charge is -2.14. The molecule has 16 heavy (non-hydrogen) atoms. The first-order chi connectivity index (χ1) is 7.64. The Bertz CT molecular complexity index is 447. The van der Waals surface area contributed by atoms with Crippen molar-refractivity contribution in [3.05, 3.63) is 35.9 Å². The highest BCUT2D eigenvalue weighted by atomic mass is 16.5. The molecule has 0 heterocycles. The maximum atomic E-state index is 11.7. The lowest BCUT2D eigenvalue weighted by molar-refractivity contribution is -0.143. The quantitative estimate of drug-likeness (QED) is 0.623. The van der Waals surface area contributed by atoms with E-state index in [0.717, 1.165) is 24.0 Å². The summed E-state index contributed by atoms with van der Waals surface area (Å²) in [6.07, 6.45) is 3.40. The minimum atomic E-state index is -0.430. The summed E-state index contributed by atoms with van der Waals surface area (Å²) in [5, 5.41) is 0. The van der Waals surface area contributed by atoms with Crippen molar-refractivity contribution >= 4 is 17.7 Å². The molecule has 1 aromatic rings. The van der Waals surface area contributed by atoms with Crippen LogP contribution >= 0.6 is 0 Å². The fourth-order valence-corrected chi connectivity index (χ4v) is 1.98. The smallest absolute Gasteiger partial charge is 0.316 e. The second-order valence-corrected chi connectivity index (χ2v) is 4.12. The maximum Gasteiger partial charge on any atom is 0.316 e. The van der Waals surface area contributed by atoms with E-state index in [2.05, 4.69) is 6.58 Å². The van der Waals surface area contributed by atoms with Crippen LogP contribution in [0.15, 0.2) is 24.8 Å². The molecule has 0 unspecified atom stereocenters. The monoisotopic (exact) mass is 217 g/mol. The molecule has 1 aliphatic carbocycles. The van der Waals surface area contributed by atoms with Crippen LogP contribution < -0.4 is 5.73 Å². The van der Waals surface area contributed by atoms with Crippen molar-refractivity contribution in [1.82, 2.24) is 0 Å².